The first kappa shape index (κ1) is 24.7. The number of carboxylic acid groups (broad SMARTS) is 1. The molecule has 4 aromatic rings. The molecule has 0 spiro atoms. The molecule has 0 aliphatic heterocycles. The van der Waals surface area contributed by atoms with Gasteiger partial charge in [-0.2, -0.15) is 18.3 Å². The SMILES string of the molecule is O=C(Nc1sc2c(c1C(=O)O)CCCC2)c1nn2c(C(F)(F)F)cc(-c3ccc(Br)cc3)nc2c1Cl. The van der Waals surface area contributed by atoms with Crippen LogP contribution in [0.2, 0.25) is 5.02 Å². The highest BCUT2D eigenvalue weighted by atomic mass is 79.9. The van der Waals surface area contributed by atoms with E-state index in [1.807, 2.05) is 0 Å². The first-order chi connectivity index (χ1) is 17.0. The van der Waals surface area contributed by atoms with Gasteiger partial charge in [0.15, 0.2) is 17.0 Å². The molecule has 5 rings (SSSR count). The van der Waals surface area contributed by atoms with Crippen molar-refractivity contribution in [2.24, 2.45) is 0 Å². The molecule has 1 amide bonds. The van der Waals surface area contributed by atoms with Crippen LogP contribution in [0.15, 0.2) is 34.8 Å². The van der Waals surface area contributed by atoms with Crippen LogP contribution in [0.25, 0.3) is 16.9 Å². The fourth-order valence-electron chi connectivity index (χ4n) is 4.15. The van der Waals surface area contributed by atoms with Crippen molar-refractivity contribution in [3.05, 3.63) is 67.2 Å². The second-order valence-electron chi connectivity index (χ2n) is 8.10. The lowest BCUT2D eigenvalue weighted by Gasteiger charge is -2.11. The molecule has 3 heterocycles. The van der Waals surface area contributed by atoms with E-state index in [-0.39, 0.29) is 26.9 Å². The molecule has 1 aliphatic carbocycles. The third kappa shape index (κ3) is 4.37. The number of halogens is 5. The van der Waals surface area contributed by atoms with Crippen molar-refractivity contribution in [1.82, 2.24) is 14.6 Å². The minimum Gasteiger partial charge on any atom is -0.478 e. The van der Waals surface area contributed by atoms with Gasteiger partial charge in [0.2, 0.25) is 0 Å². The minimum absolute atomic E-state index is 0.00446. The Labute approximate surface area is 219 Å². The van der Waals surface area contributed by atoms with Crippen molar-refractivity contribution >= 4 is 61.4 Å². The number of rotatable bonds is 4. The van der Waals surface area contributed by atoms with Gasteiger partial charge in [0.05, 0.1) is 11.3 Å². The molecule has 0 fully saturated rings. The van der Waals surface area contributed by atoms with Gasteiger partial charge in [0.1, 0.15) is 10.0 Å². The predicted molar refractivity (Wildman–Crippen MR) is 132 cm³/mol. The van der Waals surface area contributed by atoms with Gasteiger partial charge >= 0.3 is 12.1 Å². The van der Waals surface area contributed by atoms with Crippen LogP contribution in [-0.2, 0) is 19.0 Å². The van der Waals surface area contributed by atoms with E-state index in [1.165, 1.54) is 0 Å². The lowest BCUT2D eigenvalue weighted by atomic mass is 9.95. The molecule has 7 nitrogen and oxygen atoms in total. The van der Waals surface area contributed by atoms with E-state index in [4.69, 9.17) is 11.6 Å². The van der Waals surface area contributed by atoms with Crippen LogP contribution >= 0.6 is 38.9 Å². The fourth-order valence-corrected chi connectivity index (χ4v) is 5.94. The summed E-state index contributed by atoms with van der Waals surface area (Å²) in [4.78, 5) is 30.1. The summed E-state index contributed by atoms with van der Waals surface area (Å²) in [5.74, 6) is -2.11. The number of hydrogen-bond acceptors (Lipinski definition) is 5. The second-order valence-corrected chi connectivity index (χ2v) is 10.5. The molecule has 0 radical (unpaired) electrons. The maximum absolute atomic E-state index is 13.9. The number of hydrogen-bond donors (Lipinski definition) is 2. The number of anilines is 1. The molecule has 0 saturated carbocycles. The summed E-state index contributed by atoms with van der Waals surface area (Å²) < 4.78 is 43.0. The molecule has 1 aromatic carbocycles. The van der Waals surface area contributed by atoms with Crippen LogP contribution in [0.3, 0.4) is 0 Å². The molecule has 0 atom stereocenters. The fraction of sp³-hybridized carbons (Fsp3) is 0.217. The number of alkyl halides is 3. The predicted octanol–water partition coefficient (Wildman–Crippen LogP) is 6.72. The molecule has 36 heavy (non-hydrogen) atoms. The average molecular weight is 600 g/mol. The van der Waals surface area contributed by atoms with Crippen molar-refractivity contribution < 1.29 is 27.9 Å². The van der Waals surface area contributed by atoms with Crippen molar-refractivity contribution in [1.29, 1.82) is 0 Å². The highest BCUT2D eigenvalue weighted by Gasteiger charge is 2.37. The molecular weight excluding hydrogens is 585 g/mol. The van der Waals surface area contributed by atoms with Gasteiger partial charge in [-0.15, -0.1) is 11.3 Å². The van der Waals surface area contributed by atoms with Crippen molar-refractivity contribution in [3.63, 3.8) is 0 Å². The minimum atomic E-state index is -4.82. The third-order valence-electron chi connectivity index (χ3n) is 5.79. The molecule has 1 aliphatic rings. The van der Waals surface area contributed by atoms with Gasteiger partial charge in [-0.05, 0) is 49.4 Å². The molecule has 0 saturated heterocycles. The molecule has 2 N–H and O–H groups in total. The van der Waals surface area contributed by atoms with Gasteiger partial charge in [-0.1, -0.05) is 39.7 Å². The van der Waals surface area contributed by atoms with E-state index >= 15 is 0 Å². The Balaban J connectivity index is 1.60. The Kier molecular flexibility index (Phi) is 6.29. The first-order valence-corrected chi connectivity index (χ1v) is 12.6. The number of aromatic carboxylic acids is 1. The highest BCUT2D eigenvalue weighted by Crippen LogP contribution is 2.39. The Hall–Kier alpha value is -2.96. The Morgan fingerprint density at radius 3 is 2.53 bits per heavy atom. The smallest absolute Gasteiger partial charge is 0.433 e. The van der Waals surface area contributed by atoms with E-state index in [2.05, 4.69) is 31.3 Å². The van der Waals surface area contributed by atoms with E-state index in [9.17, 15) is 27.9 Å². The van der Waals surface area contributed by atoms with E-state index in [0.29, 0.717) is 28.5 Å². The average Bonchev–Trinajstić information content (AvgIpc) is 3.35. The number of nitrogens with one attached hydrogen (secondary N) is 1. The van der Waals surface area contributed by atoms with Gasteiger partial charge in [-0.3, -0.25) is 4.79 Å². The van der Waals surface area contributed by atoms with Crippen LogP contribution < -0.4 is 5.32 Å². The number of aryl methyl sites for hydroxylation is 1. The number of aromatic nitrogens is 3. The molecule has 3 aromatic heterocycles. The van der Waals surface area contributed by atoms with Gasteiger partial charge in [0.25, 0.3) is 5.91 Å². The molecule has 186 valence electrons. The summed E-state index contributed by atoms with van der Waals surface area (Å²) >= 11 is 10.8. The Morgan fingerprint density at radius 2 is 1.86 bits per heavy atom. The molecule has 13 heteroatoms. The Bertz CT molecular complexity index is 1530. The zero-order valence-electron chi connectivity index (χ0n) is 18.1. The normalized spacial score (nSPS) is 13.6. The lowest BCUT2D eigenvalue weighted by molar-refractivity contribution is -0.142. The number of benzene rings is 1. The third-order valence-corrected chi connectivity index (χ3v) is 7.87. The largest absolute Gasteiger partial charge is 0.478 e. The van der Waals surface area contributed by atoms with Gasteiger partial charge in [0, 0.05) is 14.9 Å². The monoisotopic (exact) mass is 598 g/mol. The maximum atomic E-state index is 13.9. The van der Waals surface area contributed by atoms with Crippen LogP contribution in [0, 0.1) is 0 Å². The maximum Gasteiger partial charge on any atom is 0.433 e. The summed E-state index contributed by atoms with van der Waals surface area (Å²) in [5, 5.41) is 15.8. The van der Waals surface area contributed by atoms with E-state index in [1.54, 1.807) is 24.3 Å². The topological polar surface area (TPSA) is 96.6 Å². The quantitative estimate of drug-likeness (QED) is 0.271. The van der Waals surface area contributed by atoms with Crippen LogP contribution in [0.1, 0.15) is 49.8 Å². The number of carbonyl (C=O) groups is 2. The summed E-state index contributed by atoms with van der Waals surface area (Å²) in [6.45, 7) is 0. The standard InChI is InChI=1S/C23H15BrClF3N4O3S/c24-11-7-5-10(6-8-11)13-9-15(23(26,27)28)32-19(29-13)17(25)18(31-32)20(33)30-21-16(22(34)35)12-3-1-2-4-14(12)36-21/h5-9H,1-4H2,(H,30,33)(H,34,35). The zero-order valence-corrected chi connectivity index (χ0v) is 21.3. The molecule has 0 unspecified atom stereocenters. The van der Waals surface area contributed by atoms with Crippen molar-refractivity contribution in [3.8, 4) is 11.3 Å². The van der Waals surface area contributed by atoms with Crippen molar-refractivity contribution in [2.75, 3.05) is 5.32 Å². The lowest BCUT2D eigenvalue weighted by Crippen LogP contribution is -2.16. The number of thiophene rings is 1. The van der Waals surface area contributed by atoms with Gasteiger partial charge in [-0.25, -0.2) is 14.3 Å². The van der Waals surface area contributed by atoms with Crippen LogP contribution in [-0.4, -0.2) is 31.6 Å². The van der Waals surface area contributed by atoms with Gasteiger partial charge < -0.3 is 10.4 Å². The molecular formula is C23H15BrClF3N4O3S. The summed E-state index contributed by atoms with van der Waals surface area (Å²) in [6, 6.07) is 7.33. The summed E-state index contributed by atoms with van der Waals surface area (Å²) in [6.07, 6.45) is -1.80. The Morgan fingerprint density at radius 1 is 1.17 bits per heavy atom. The number of nitrogens with zero attached hydrogens (tertiary/aromatic N) is 3. The summed E-state index contributed by atoms with van der Waals surface area (Å²) in [5.41, 5.74) is -0.933. The first-order valence-electron chi connectivity index (χ1n) is 10.7. The number of fused-ring (bicyclic) bond motifs is 2. The second kappa shape index (κ2) is 9.16. The van der Waals surface area contributed by atoms with E-state index < -0.39 is 29.4 Å². The number of amides is 1. The number of carboxylic acids is 1. The van der Waals surface area contributed by atoms with Crippen LogP contribution in [0.4, 0.5) is 18.2 Å². The van der Waals surface area contributed by atoms with Crippen molar-refractivity contribution in [2.45, 2.75) is 31.9 Å². The summed E-state index contributed by atoms with van der Waals surface area (Å²) in [7, 11) is 0. The van der Waals surface area contributed by atoms with E-state index in [0.717, 1.165) is 39.6 Å². The highest BCUT2D eigenvalue weighted by molar-refractivity contribution is 9.10. The molecule has 0 bridgehead atoms. The zero-order chi connectivity index (χ0) is 25.8. The van der Waals surface area contributed by atoms with Crippen LogP contribution in [0.5, 0.6) is 0 Å². The number of carbonyl (C=O) groups excluding carboxylic acids is 1.